The summed E-state index contributed by atoms with van der Waals surface area (Å²) in [5.41, 5.74) is 8.83. The number of fused-ring (bicyclic) bond motifs is 3. The van der Waals surface area contributed by atoms with Gasteiger partial charge in [-0.05, 0) is 76.9 Å². The molecule has 0 saturated heterocycles. The van der Waals surface area contributed by atoms with Crippen LogP contribution in [0.25, 0.3) is 67.0 Å². The first-order chi connectivity index (χ1) is 25.1. The van der Waals surface area contributed by atoms with Gasteiger partial charge < -0.3 is 8.98 Å². The summed E-state index contributed by atoms with van der Waals surface area (Å²) in [5, 5.41) is 4.46. The third-order valence-corrected chi connectivity index (χ3v) is 12.4. The number of furan rings is 1. The highest BCUT2D eigenvalue weighted by Crippen LogP contribution is 2.44. The zero-order chi connectivity index (χ0) is 34.2. The van der Waals surface area contributed by atoms with Gasteiger partial charge in [-0.3, -0.25) is 9.97 Å². The van der Waals surface area contributed by atoms with E-state index in [-0.39, 0.29) is 0 Å². The molecule has 0 aliphatic carbocycles. The Balaban J connectivity index is 1.17. The molecule has 0 saturated carbocycles. The van der Waals surface area contributed by atoms with Crippen LogP contribution < -0.4 is 15.9 Å². The van der Waals surface area contributed by atoms with E-state index in [0.29, 0.717) is 0 Å². The summed E-state index contributed by atoms with van der Waals surface area (Å²) in [4.78, 5) is 14.1. The second-order valence-electron chi connectivity index (χ2n) is 12.4. The lowest BCUT2D eigenvalue weighted by molar-refractivity contribution is 0.592. The van der Waals surface area contributed by atoms with Crippen molar-refractivity contribution < 1.29 is 8.98 Å². The van der Waals surface area contributed by atoms with E-state index in [4.69, 9.17) is 9.40 Å². The molecule has 6 heteroatoms. The summed E-state index contributed by atoms with van der Waals surface area (Å²) in [7, 11) is -3.09. The van der Waals surface area contributed by atoms with Crippen molar-refractivity contribution in [2.45, 2.75) is 0 Å². The molecule has 0 amide bonds. The van der Waals surface area contributed by atoms with E-state index in [2.05, 4.69) is 52.4 Å². The van der Waals surface area contributed by atoms with Crippen LogP contribution in [0.4, 0.5) is 0 Å². The van der Waals surface area contributed by atoms with Crippen LogP contribution in [0.1, 0.15) is 0 Å². The van der Waals surface area contributed by atoms with Gasteiger partial charge in [0.05, 0.1) is 22.8 Å². The fraction of sp³-hybridized carbons (Fsp3) is 0. The van der Waals surface area contributed by atoms with Crippen molar-refractivity contribution in [2.75, 3.05) is 0 Å². The lowest BCUT2D eigenvalue weighted by atomic mass is 9.97. The highest BCUT2D eigenvalue weighted by atomic mass is 31.2. The molecule has 4 aromatic heterocycles. The highest BCUT2D eigenvalue weighted by Gasteiger charge is 2.29. The van der Waals surface area contributed by atoms with Gasteiger partial charge in [-0.2, -0.15) is 0 Å². The fourth-order valence-corrected chi connectivity index (χ4v) is 9.46. The van der Waals surface area contributed by atoms with Gasteiger partial charge >= 0.3 is 0 Å². The van der Waals surface area contributed by atoms with E-state index in [1.165, 1.54) is 0 Å². The molecular formula is C45H30N3O2P. The SMILES string of the molecule is O=P(c1ccccc1)(c1ccccc1)c1ccc(-c2cccc3oc4ccc(-c5cc(-c6ccccn6)nc(-c6ccccn6)c5)cc4c23)cc1. The number of hydrogen-bond acceptors (Lipinski definition) is 5. The molecule has 0 aliphatic rings. The zero-order valence-corrected chi connectivity index (χ0v) is 28.3. The number of pyridine rings is 3. The van der Waals surface area contributed by atoms with E-state index in [9.17, 15) is 4.57 Å². The second kappa shape index (κ2) is 12.8. The zero-order valence-electron chi connectivity index (χ0n) is 27.4. The summed E-state index contributed by atoms with van der Waals surface area (Å²) in [6.45, 7) is 0. The van der Waals surface area contributed by atoms with Crippen LogP contribution in [0.5, 0.6) is 0 Å². The number of nitrogens with zero attached hydrogens (tertiary/aromatic N) is 3. The summed E-state index contributed by atoms with van der Waals surface area (Å²) < 4.78 is 21.4. The quantitative estimate of drug-likeness (QED) is 0.157. The Bertz CT molecular complexity index is 2590. The molecule has 0 N–H and O–H groups in total. The standard InChI is InChI=1S/C45H30N3O2P/c49-51(34-12-3-1-4-13-34,35-14-5-2-6-15-35)36-23-20-31(21-24-36)37-16-11-19-44-45(37)38-28-32(22-25-43(38)50-44)33-29-41(39-17-7-9-26-46-39)48-42(30-33)40-18-8-10-27-47-40/h1-30H. The van der Waals surface area contributed by atoms with Crippen molar-refractivity contribution in [1.82, 2.24) is 15.0 Å². The Kier molecular flexibility index (Phi) is 7.68. The minimum Gasteiger partial charge on any atom is -0.456 e. The van der Waals surface area contributed by atoms with Crippen molar-refractivity contribution >= 4 is 45.0 Å². The Labute approximate surface area is 295 Å². The van der Waals surface area contributed by atoms with Crippen LogP contribution in [0.2, 0.25) is 0 Å². The molecule has 242 valence electrons. The van der Waals surface area contributed by atoms with Crippen molar-refractivity contribution in [3.05, 3.63) is 182 Å². The molecule has 0 unspecified atom stereocenters. The van der Waals surface area contributed by atoms with Crippen LogP contribution in [0.3, 0.4) is 0 Å². The largest absolute Gasteiger partial charge is 0.456 e. The first-order valence-corrected chi connectivity index (χ1v) is 18.5. The molecule has 0 radical (unpaired) electrons. The molecule has 0 spiro atoms. The van der Waals surface area contributed by atoms with Crippen LogP contribution in [-0.2, 0) is 4.57 Å². The normalized spacial score (nSPS) is 11.6. The maximum atomic E-state index is 15.0. The predicted octanol–water partition coefficient (Wildman–Crippen LogP) is 10.1. The van der Waals surface area contributed by atoms with Crippen LogP contribution in [0, 0.1) is 0 Å². The molecule has 9 aromatic rings. The van der Waals surface area contributed by atoms with E-state index in [1.807, 2.05) is 127 Å². The minimum atomic E-state index is -3.09. The van der Waals surface area contributed by atoms with Gasteiger partial charge in [0.15, 0.2) is 7.14 Å². The molecule has 51 heavy (non-hydrogen) atoms. The number of hydrogen-bond donors (Lipinski definition) is 0. The minimum absolute atomic E-state index is 0.773. The summed E-state index contributed by atoms with van der Waals surface area (Å²) in [6.07, 6.45) is 3.56. The fourth-order valence-electron chi connectivity index (χ4n) is 6.81. The Morgan fingerprint density at radius 3 is 1.59 bits per heavy atom. The third-order valence-electron chi connectivity index (χ3n) is 9.29. The Hall–Kier alpha value is -6.42. The highest BCUT2D eigenvalue weighted by molar-refractivity contribution is 7.85. The average Bonchev–Trinajstić information content (AvgIpc) is 3.60. The average molecular weight is 676 g/mol. The Morgan fingerprint density at radius 1 is 0.431 bits per heavy atom. The second-order valence-corrected chi connectivity index (χ2v) is 15.1. The van der Waals surface area contributed by atoms with Crippen molar-refractivity contribution in [3.8, 4) is 45.0 Å². The molecular weight excluding hydrogens is 645 g/mol. The van der Waals surface area contributed by atoms with Gasteiger partial charge in [-0.1, -0.05) is 115 Å². The topological polar surface area (TPSA) is 68.9 Å². The molecule has 0 aliphatic heterocycles. The number of benzene rings is 5. The van der Waals surface area contributed by atoms with E-state index in [0.717, 1.165) is 82.9 Å². The van der Waals surface area contributed by atoms with E-state index in [1.54, 1.807) is 12.4 Å². The molecule has 5 nitrogen and oxygen atoms in total. The molecule has 0 bridgehead atoms. The van der Waals surface area contributed by atoms with Crippen LogP contribution in [0.15, 0.2) is 187 Å². The first-order valence-electron chi connectivity index (χ1n) is 16.8. The maximum absolute atomic E-state index is 15.0. The van der Waals surface area contributed by atoms with E-state index >= 15 is 0 Å². The number of aromatic nitrogens is 3. The Morgan fingerprint density at radius 2 is 1.00 bits per heavy atom. The predicted molar refractivity (Wildman–Crippen MR) is 208 cm³/mol. The van der Waals surface area contributed by atoms with Gasteiger partial charge in [-0.15, -0.1) is 0 Å². The van der Waals surface area contributed by atoms with E-state index < -0.39 is 7.14 Å². The maximum Gasteiger partial charge on any atom is 0.171 e. The van der Waals surface area contributed by atoms with Gasteiger partial charge in [0, 0.05) is 39.1 Å². The van der Waals surface area contributed by atoms with Crippen molar-refractivity contribution in [3.63, 3.8) is 0 Å². The first kappa shape index (κ1) is 30.6. The summed E-state index contributed by atoms with van der Waals surface area (Å²) >= 11 is 0. The van der Waals surface area contributed by atoms with Crippen LogP contribution in [-0.4, -0.2) is 15.0 Å². The van der Waals surface area contributed by atoms with Gasteiger partial charge in [0.2, 0.25) is 0 Å². The summed E-state index contributed by atoms with van der Waals surface area (Å²) in [5.74, 6) is 0. The van der Waals surface area contributed by atoms with Crippen molar-refractivity contribution in [1.29, 1.82) is 0 Å². The molecule has 0 fully saturated rings. The molecule has 0 atom stereocenters. The molecule has 4 heterocycles. The van der Waals surface area contributed by atoms with Gasteiger partial charge in [0.1, 0.15) is 11.2 Å². The van der Waals surface area contributed by atoms with Crippen molar-refractivity contribution in [2.24, 2.45) is 0 Å². The lowest BCUT2D eigenvalue weighted by Gasteiger charge is -2.20. The summed E-state index contributed by atoms with van der Waals surface area (Å²) in [6, 6.07) is 56.0. The third kappa shape index (κ3) is 5.54. The molecule has 5 aromatic carbocycles. The smallest absolute Gasteiger partial charge is 0.171 e. The van der Waals surface area contributed by atoms with Gasteiger partial charge in [-0.25, -0.2) is 4.98 Å². The molecule has 9 rings (SSSR count). The number of rotatable bonds is 7. The lowest BCUT2D eigenvalue weighted by Crippen LogP contribution is -2.24. The monoisotopic (exact) mass is 675 g/mol. The van der Waals surface area contributed by atoms with Crippen LogP contribution >= 0.6 is 7.14 Å². The van der Waals surface area contributed by atoms with Gasteiger partial charge in [0.25, 0.3) is 0 Å².